The zero-order valence-electron chi connectivity index (χ0n) is 8.09. The Morgan fingerprint density at radius 3 is 2.86 bits per heavy atom. The van der Waals surface area contributed by atoms with Gasteiger partial charge in [-0.15, -0.1) is 0 Å². The number of rotatable bonds is 0. The van der Waals surface area contributed by atoms with Gasteiger partial charge < -0.3 is 5.73 Å². The van der Waals surface area contributed by atoms with Crippen LogP contribution in [-0.2, 0) is 12.8 Å². The molecule has 2 unspecified atom stereocenters. The van der Waals surface area contributed by atoms with Crippen LogP contribution in [-0.4, -0.2) is 6.04 Å². The molecule has 1 fully saturated rings. The van der Waals surface area contributed by atoms with Gasteiger partial charge in [-0.2, -0.15) is 0 Å². The third kappa shape index (κ3) is 1.10. The minimum Gasteiger partial charge on any atom is -0.327 e. The van der Waals surface area contributed by atoms with Crippen molar-refractivity contribution in [2.45, 2.75) is 31.7 Å². The Labute approximate surface area is 83.1 Å². The van der Waals surface area contributed by atoms with Gasteiger partial charge >= 0.3 is 0 Å². The Morgan fingerprint density at radius 1 is 1.36 bits per heavy atom. The predicted octanol–water partition coefficient (Wildman–Crippen LogP) is 2.03. The van der Waals surface area contributed by atoms with Crippen molar-refractivity contribution in [1.82, 2.24) is 0 Å². The first kappa shape index (κ1) is 8.42. The Balaban J connectivity index is 1.96. The molecule has 2 atom stereocenters. The Morgan fingerprint density at radius 2 is 2.14 bits per heavy atom. The summed E-state index contributed by atoms with van der Waals surface area (Å²) >= 11 is 0. The molecule has 3 rings (SSSR count). The van der Waals surface area contributed by atoms with Crippen LogP contribution in [0.3, 0.4) is 0 Å². The van der Waals surface area contributed by atoms with Gasteiger partial charge in [0.2, 0.25) is 0 Å². The van der Waals surface area contributed by atoms with E-state index in [1.165, 1.54) is 11.1 Å². The summed E-state index contributed by atoms with van der Waals surface area (Å²) in [5, 5.41) is 0. The van der Waals surface area contributed by atoms with Crippen LogP contribution in [0.25, 0.3) is 0 Å². The molecule has 2 N–H and O–H groups in total. The van der Waals surface area contributed by atoms with Crippen molar-refractivity contribution in [1.29, 1.82) is 0 Å². The topological polar surface area (TPSA) is 26.0 Å². The van der Waals surface area contributed by atoms with Crippen molar-refractivity contribution >= 4 is 0 Å². The van der Waals surface area contributed by atoms with E-state index in [4.69, 9.17) is 5.73 Å². The standard InChI is InChI=1S/C12H14FN/c13-10-2-1-9-6-12(7-11(12)14)4-3-8(9)5-10/h1-2,5,11H,3-4,6-7,14H2. The fraction of sp³-hybridized carbons (Fsp3) is 0.500. The van der Waals surface area contributed by atoms with Crippen molar-refractivity contribution in [3.63, 3.8) is 0 Å². The number of nitrogens with two attached hydrogens (primary N) is 1. The second kappa shape index (κ2) is 2.57. The maximum atomic E-state index is 13.0. The molecule has 0 bridgehead atoms. The highest BCUT2D eigenvalue weighted by Crippen LogP contribution is 2.53. The SMILES string of the molecule is NC1CC12CCc1cc(F)ccc1C2. The van der Waals surface area contributed by atoms with Crippen LogP contribution >= 0.6 is 0 Å². The van der Waals surface area contributed by atoms with Crippen LogP contribution in [0, 0.1) is 11.2 Å². The van der Waals surface area contributed by atoms with E-state index in [0.29, 0.717) is 11.5 Å². The summed E-state index contributed by atoms with van der Waals surface area (Å²) in [6, 6.07) is 5.55. The smallest absolute Gasteiger partial charge is 0.123 e. The highest BCUT2D eigenvalue weighted by Gasteiger charge is 2.52. The largest absolute Gasteiger partial charge is 0.327 e. The lowest BCUT2D eigenvalue weighted by Crippen LogP contribution is -2.22. The van der Waals surface area contributed by atoms with Crippen LogP contribution in [0.2, 0.25) is 0 Å². The Kier molecular flexibility index (Phi) is 1.55. The van der Waals surface area contributed by atoms with Crippen molar-refractivity contribution < 1.29 is 4.39 Å². The fourth-order valence-corrected chi connectivity index (χ4v) is 2.72. The average Bonchev–Trinajstić information content (AvgIpc) is 2.77. The maximum absolute atomic E-state index is 13.0. The molecule has 1 nitrogen and oxygen atoms in total. The first-order chi connectivity index (χ1) is 6.70. The third-order valence-electron chi connectivity index (χ3n) is 3.86. The number of hydrogen-bond donors (Lipinski definition) is 1. The van der Waals surface area contributed by atoms with Gasteiger partial charge in [0.15, 0.2) is 0 Å². The van der Waals surface area contributed by atoms with Gasteiger partial charge in [-0.05, 0) is 54.4 Å². The van der Waals surface area contributed by atoms with E-state index in [9.17, 15) is 4.39 Å². The summed E-state index contributed by atoms with van der Waals surface area (Å²) in [5.41, 5.74) is 8.83. The summed E-state index contributed by atoms with van der Waals surface area (Å²) in [6.45, 7) is 0. The van der Waals surface area contributed by atoms with Crippen LogP contribution < -0.4 is 5.73 Å². The van der Waals surface area contributed by atoms with E-state index in [1.54, 1.807) is 12.1 Å². The summed E-state index contributed by atoms with van der Waals surface area (Å²) in [4.78, 5) is 0. The molecule has 1 aromatic rings. The van der Waals surface area contributed by atoms with Gasteiger partial charge in [-0.25, -0.2) is 4.39 Å². The monoisotopic (exact) mass is 191 g/mol. The number of benzene rings is 1. The van der Waals surface area contributed by atoms with E-state index in [-0.39, 0.29) is 5.82 Å². The van der Waals surface area contributed by atoms with E-state index >= 15 is 0 Å². The molecule has 14 heavy (non-hydrogen) atoms. The zero-order chi connectivity index (χ0) is 9.76. The molecule has 0 saturated heterocycles. The molecule has 1 spiro atoms. The molecule has 1 saturated carbocycles. The normalized spacial score (nSPS) is 34.3. The lowest BCUT2D eigenvalue weighted by Gasteiger charge is -2.24. The molecule has 0 heterocycles. The van der Waals surface area contributed by atoms with Crippen molar-refractivity contribution in [2.75, 3.05) is 0 Å². The van der Waals surface area contributed by atoms with E-state index in [0.717, 1.165) is 25.7 Å². The van der Waals surface area contributed by atoms with E-state index in [2.05, 4.69) is 0 Å². The molecule has 0 aliphatic heterocycles. The highest BCUT2D eigenvalue weighted by atomic mass is 19.1. The minimum absolute atomic E-state index is 0.111. The lowest BCUT2D eigenvalue weighted by molar-refractivity contribution is 0.419. The van der Waals surface area contributed by atoms with Gasteiger partial charge in [0.05, 0.1) is 0 Å². The summed E-state index contributed by atoms with van der Waals surface area (Å²) in [6.07, 6.45) is 4.36. The number of aryl methyl sites for hydroxylation is 1. The Bertz CT molecular complexity index is 388. The van der Waals surface area contributed by atoms with Gasteiger partial charge in [0.1, 0.15) is 5.82 Å². The first-order valence-electron chi connectivity index (χ1n) is 5.23. The molecule has 0 aromatic heterocycles. The minimum atomic E-state index is -0.111. The summed E-state index contributed by atoms with van der Waals surface area (Å²) in [7, 11) is 0. The molecule has 0 radical (unpaired) electrons. The third-order valence-corrected chi connectivity index (χ3v) is 3.86. The van der Waals surface area contributed by atoms with E-state index < -0.39 is 0 Å². The van der Waals surface area contributed by atoms with Gasteiger partial charge in [-0.3, -0.25) is 0 Å². The Hall–Kier alpha value is -0.890. The summed E-state index contributed by atoms with van der Waals surface area (Å²) < 4.78 is 13.0. The van der Waals surface area contributed by atoms with Gasteiger partial charge in [0.25, 0.3) is 0 Å². The molecule has 2 aliphatic carbocycles. The lowest BCUT2D eigenvalue weighted by atomic mass is 9.81. The van der Waals surface area contributed by atoms with Gasteiger partial charge in [0, 0.05) is 6.04 Å². The highest BCUT2D eigenvalue weighted by molar-refractivity contribution is 5.34. The summed E-state index contributed by atoms with van der Waals surface area (Å²) in [5.74, 6) is -0.111. The quantitative estimate of drug-likeness (QED) is 0.667. The molecule has 2 aliphatic rings. The van der Waals surface area contributed by atoms with Crippen LogP contribution in [0.1, 0.15) is 24.0 Å². The van der Waals surface area contributed by atoms with Crippen LogP contribution in [0.5, 0.6) is 0 Å². The molecular weight excluding hydrogens is 177 g/mol. The average molecular weight is 191 g/mol. The molecular formula is C12H14FN. The van der Waals surface area contributed by atoms with Crippen molar-refractivity contribution in [3.8, 4) is 0 Å². The second-order valence-electron chi connectivity index (χ2n) is 4.76. The number of hydrogen-bond acceptors (Lipinski definition) is 1. The maximum Gasteiger partial charge on any atom is 0.123 e. The molecule has 74 valence electrons. The van der Waals surface area contributed by atoms with Crippen molar-refractivity contribution in [2.24, 2.45) is 11.1 Å². The second-order valence-corrected chi connectivity index (χ2v) is 4.76. The number of halogens is 1. The first-order valence-corrected chi connectivity index (χ1v) is 5.23. The van der Waals surface area contributed by atoms with Crippen molar-refractivity contribution in [3.05, 3.63) is 35.1 Å². The molecule has 2 heteroatoms. The molecule has 1 aromatic carbocycles. The molecule has 0 amide bonds. The predicted molar refractivity (Wildman–Crippen MR) is 53.5 cm³/mol. The van der Waals surface area contributed by atoms with Crippen LogP contribution in [0.4, 0.5) is 4.39 Å². The zero-order valence-corrected chi connectivity index (χ0v) is 8.09. The number of fused-ring (bicyclic) bond motifs is 1. The van der Waals surface area contributed by atoms with Gasteiger partial charge in [-0.1, -0.05) is 6.07 Å². The fourth-order valence-electron chi connectivity index (χ4n) is 2.72. The van der Waals surface area contributed by atoms with Crippen LogP contribution in [0.15, 0.2) is 18.2 Å². The van der Waals surface area contributed by atoms with E-state index in [1.807, 2.05) is 6.07 Å².